The van der Waals surface area contributed by atoms with Gasteiger partial charge in [0.1, 0.15) is 17.5 Å². The van der Waals surface area contributed by atoms with E-state index in [1.165, 1.54) is 12.1 Å². The number of aromatic nitrogens is 2. The Balaban J connectivity index is 1.51. The van der Waals surface area contributed by atoms with Crippen molar-refractivity contribution in [3.8, 4) is 5.75 Å². The number of aryl methyl sites for hydroxylation is 1. The van der Waals surface area contributed by atoms with Crippen molar-refractivity contribution < 1.29 is 18.7 Å². The molecule has 2 heterocycles. The third-order valence-electron chi connectivity index (χ3n) is 4.94. The third kappa shape index (κ3) is 4.17. The summed E-state index contributed by atoms with van der Waals surface area (Å²) in [6, 6.07) is 15.0. The highest BCUT2D eigenvalue weighted by atomic mass is 19.1. The van der Waals surface area contributed by atoms with E-state index in [0.29, 0.717) is 18.0 Å². The predicted octanol–water partition coefficient (Wildman–Crippen LogP) is 2.70. The van der Waals surface area contributed by atoms with Gasteiger partial charge in [-0.1, -0.05) is 30.3 Å². The minimum Gasteiger partial charge on any atom is -0.484 e. The number of ether oxygens (including phenoxy) is 1. The van der Waals surface area contributed by atoms with Crippen LogP contribution in [0.5, 0.6) is 5.75 Å². The summed E-state index contributed by atoms with van der Waals surface area (Å²) < 4.78 is 21.1. The van der Waals surface area contributed by atoms with E-state index in [1.54, 1.807) is 47.1 Å². The van der Waals surface area contributed by atoms with E-state index < -0.39 is 17.6 Å². The van der Waals surface area contributed by atoms with Gasteiger partial charge in [0.15, 0.2) is 6.61 Å². The van der Waals surface area contributed by atoms with Gasteiger partial charge in [-0.15, -0.1) is 0 Å². The van der Waals surface area contributed by atoms with Crippen LogP contribution in [0, 0.1) is 5.82 Å². The molecule has 0 saturated carbocycles. The van der Waals surface area contributed by atoms with Gasteiger partial charge < -0.3 is 15.0 Å². The standard InChI is InChI=1S/C22H21FN4O3/c1-26-11-15-12-27(20(28)14-30-16-7-3-2-4-8-16)13-17(21(15)25-26)22(29)24-19-10-6-5-9-18(19)23/h2-11,17H,12-14H2,1H3,(H,24,29)/t17-/m1/s1. The Hall–Kier alpha value is -3.68. The summed E-state index contributed by atoms with van der Waals surface area (Å²) in [6.45, 7) is 0.339. The Morgan fingerprint density at radius 1 is 1.17 bits per heavy atom. The van der Waals surface area contributed by atoms with Crippen molar-refractivity contribution in [2.45, 2.75) is 12.5 Å². The van der Waals surface area contributed by atoms with Gasteiger partial charge >= 0.3 is 0 Å². The van der Waals surface area contributed by atoms with Gasteiger partial charge in [-0.2, -0.15) is 5.10 Å². The molecule has 2 amide bonds. The number of fused-ring (bicyclic) bond motifs is 1. The highest BCUT2D eigenvalue weighted by molar-refractivity contribution is 5.96. The first-order valence-electron chi connectivity index (χ1n) is 9.54. The molecule has 1 atom stereocenters. The van der Waals surface area contributed by atoms with Crippen molar-refractivity contribution in [1.29, 1.82) is 0 Å². The zero-order valence-corrected chi connectivity index (χ0v) is 16.4. The van der Waals surface area contributed by atoms with E-state index in [4.69, 9.17) is 4.74 Å². The van der Waals surface area contributed by atoms with Crippen molar-refractivity contribution >= 4 is 17.5 Å². The maximum atomic E-state index is 14.0. The van der Waals surface area contributed by atoms with Gasteiger partial charge in [0.05, 0.1) is 11.4 Å². The van der Waals surface area contributed by atoms with Crippen LogP contribution >= 0.6 is 0 Å². The maximum Gasteiger partial charge on any atom is 0.260 e. The van der Waals surface area contributed by atoms with Gasteiger partial charge in [-0.25, -0.2) is 4.39 Å². The van der Waals surface area contributed by atoms with Crippen molar-refractivity contribution in [3.05, 3.63) is 77.9 Å². The number of hydrogen-bond donors (Lipinski definition) is 1. The van der Waals surface area contributed by atoms with Crippen molar-refractivity contribution in [3.63, 3.8) is 0 Å². The molecule has 30 heavy (non-hydrogen) atoms. The van der Waals surface area contributed by atoms with Crippen LogP contribution in [0.1, 0.15) is 17.2 Å². The molecule has 0 bridgehead atoms. The van der Waals surface area contributed by atoms with E-state index in [1.807, 2.05) is 18.2 Å². The molecule has 0 saturated heterocycles. The monoisotopic (exact) mass is 408 g/mol. The van der Waals surface area contributed by atoms with E-state index in [-0.39, 0.29) is 24.7 Å². The highest BCUT2D eigenvalue weighted by Crippen LogP contribution is 2.29. The number of nitrogens with one attached hydrogen (secondary N) is 1. The molecule has 0 radical (unpaired) electrons. The number of carbonyl (C=O) groups excluding carboxylic acids is 2. The topological polar surface area (TPSA) is 76.5 Å². The number of carbonyl (C=O) groups is 2. The van der Waals surface area contributed by atoms with Crippen molar-refractivity contribution in [1.82, 2.24) is 14.7 Å². The fourth-order valence-corrected chi connectivity index (χ4v) is 3.48. The lowest BCUT2D eigenvalue weighted by atomic mass is 9.95. The molecular weight excluding hydrogens is 387 g/mol. The second-order valence-corrected chi connectivity index (χ2v) is 7.11. The van der Waals surface area contributed by atoms with Crippen LogP contribution in [0.3, 0.4) is 0 Å². The Kier molecular flexibility index (Phi) is 5.47. The lowest BCUT2D eigenvalue weighted by Gasteiger charge is -2.31. The lowest BCUT2D eigenvalue weighted by molar-refractivity contribution is -0.135. The highest BCUT2D eigenvalue weighted by Gasteiger charge is 2.35. The smallest absolute Gasteiger partial charge is 0.260 e. The number of nitrogens with zero attached hydrogens (tertiary/aromatic N) is 3. The summed E-state index contributed by atoms with van der Waals surface area (Å²) in [4.78, 5) is 27.3. The zero-order chi connectivity index (χ0) is 21.1. The molecule has 2 aromatic carbocycles. The average molecular weight is 408 g/mol. The van der Waals surface area contributed by atoms with Crippen LogP contribution in [-0.2, 0) is 23.2 Å². The minimum absolute atomic E-state index is 0.0934. The Bertz CT molecular complexity index is 1070. The van der Waals surface area contributed by atoms with Crippen molar-refractivity contribution in [2.75, 3.05) is 18.5 Å². The normalized spacial score (nSPS) is 15.4. The number of anilines is 1. The second kappa shape index (κ2) is 8.36. The molecule has 8 heteroatoms. The molecule has 0 aliphatic carbocycles. The molecule has 0 spiro atoms. The summed E-state index contributed by atoms with van der Waals surface area (Å²) in [6.07, 6.45) is 1.79. The van der Waals surface area contributed by atoms with Gasteiger partial charge in [0.2, 0.25) is 5.91 Å². The van der Waals surface area contributed by atoms with E-state index >= 15 is 0 Å². The number of hydrogen-bond acceptors (Lipinski definition) is 4. The molecule has 0 unspecified atom stereocenters. The quantitative estimate of drug-likeness (QED) is 0.704. The molecule has 0 fully saturated rings. The fourth-order valence-electron chi connectivity index (χ4n) is 3.48. The van der Waals surface area contributed by atoms with Crippen LogP contribution in [0.25, 0.3) is 0 Å². The molecule has 4 rings (SSSR count). The third-order valence-corrected chi connectivity index (χ3v) is 4.94. The average Bonchev–Trinajstić information content (AvgIpc) is 3.13. The molecular formula is C22H21FN4O3. The second-order valence-electron chi connectivity index (χ2n) is 7.11. The first kappa shape index (κ1) is 19.6. The van der Waals surface area contributed by atoms with Gasteiger partial charge in [0, 0.05) is 31.9 Å². The van der Waals surface area contributed by atoms with Crippen LogP contribution in [-0.4, -0.2) is 39.6 Å². The zero-order valence-electron chi connectivity index (χ0n) is 16.4. The van der Waals surface area contributed by atoms with E-state index in [9.17, 15) is 14.0 Å². The number of para-hydroxylation sites is 2. The Morgan fingerprint density at radius 2 is 1.90 bits per heavy atom. The minimum atomic E-state index is -0.713. The predicted molar refractivity (Wildman–Crippen MR) is 108 cm³/mol. The fraction of sp³-hybridized carbons (Fsp3) is 0.227. The van der Waals surface area contributed by atoms with Crippen LogP contribution < -0.4 is 10.1 Å². The first-order chi connectivity index (χ1) is 14.5. The summed E-state index contributed by atoms with van der Waals surface area (Å²) in [5, 5.41) is 7.01. The largest absolute Gasteiger partial charge is 0.484 e. The lowest BCUT2D eigenvalue weighted by Crippen LogP contribution is -2.43. The summed E-state index contributed by atoms with van der Waals surface area (Å²) in [7, 11) is 1.76. The Labute approximate surface area is 173 Å². The number of rotatable bonds is 5. The molecule has 1 aliphatic rings. The molecule has 7 nitrogen and oxygen atoms in total. The van der Waals surface area contributed by atoms with Crippen LogP contribution in [0.2, 0.25) is 0 Å². The van der Waals surface area contributed by atoms with Crippen LogP contribution in [0.15, 0.2) is 60.8 Å². The molecule has 154 valence electrons. The van der Waals surface area contributed by atoms with Gasteiger partial charge in [0.25, 0.3) is 5.91 Å². The number of benzene rings is 2. The first-order valence-corrected chi connectivity index (χ1v) is 9.54. The number of halogens is 1. The Morgan fingerprint density at radius 3 is 2.67 bits per heavy atom. The molecule has 3 aromatic rings. The molecule has 1 aliphatic heterocycles. The van der Waals surface area contributed by atoms with Crippen LogP contribution in [0.4, 0.5) is 10.1 Å². The van der Waals surface area contributed by atoms with E-state index in [2.05, 4.69) is 10.4 Å². The molecule has 1 aromatic heterocycles. The van der Waals surface area contributed by atoms with Gasteiger partial charge in [-0.3, -0.25) is 14.3 Å². The summed E-state index contributed by atoms with van der Waals surface area (Å²) in [5.74, 6) is -1.29. The summed E-state index contributed by atoms with van der Waals surface area (Å²) >= 11 is 0. The van der Waals surface area contributed by atoms with Gasteiger partial charge in [-0.05, 0) is 24.3 Å². The SMILES string of the molecule is Cn1cc2c(n1)[C@H](C(=O)Nc1ccccc1F)CN(C(=O)COc1ccccc1)C2. The molecule has 1 N–H and O–H groups in total. The summed E-state index contributed by atoms with van der Waals surface area (Å²) in [5.41, 5.74) is 1.47. The van der Waals surface area contributed by atoms with E-state index in [0.717, 1.165) is 5.56 Å². The maximum absolute atomic E-state index is 14.0. The van der Waals surface area contributed by atoms with Crippen molar-refractivity contribution in [2.24, 2.45) is 7.05 Å². The number of amides is 2.